The molecule has 0 amide bonds. The minimum absolute atomic E-state index is 0.224. The van der Waals surface area contributed by atoms with E-state index in [0.717, 1.165) is 0 Å². The number of hydrogen-bond donors (Lipinski definition) is 1. The number of ether oxygens (including phenoxy) is 2. The first-order valence-corrected chi connectivity index (χ1v) is 9.36. The minimum atomic E-state index is -0.376. The van der Waals surface area contributed by atoms with Crippen LogP contribution in [-0.4, -0.2) is 54.4 Å². The fraction of sp³-hybridized carbons (Fsp3) is 0.526. The number of para-hydroxylation sites is 1. The van der Waals surface area contributed by atoms with E-state index in [1.165, 1.54) is 6.07 Å². The van der Waals surface area contributed by atoms with Crippen molar-refractivity contribution in [2.45, 2.75) is 33.4 Å². The SMILES string of the molecule is CCNC(=NCc1nc(C(C)OCC)no1)N(C)CCOc1ccccc1F. The highest BCUT2D eigenvalue weighted by Crippen LogP contribution is 2.15. The summed E-state index contributed by atoms with van der Waals surface area (Å²) in [5, 5.41) is 7.12. The summed E-state index contributed by atoms with van der Waals surface area (Å²) in [7, 11) is 1.88. The highest BCUT2D eigenvalue weighted by molar-refractivity contribution is 5.79. The number of likely N-dealkylation sites (N-methyl/N-ethyl adjacent to an activating group) is 1. The molecule has 1 unspecified atom stereocenters. The summed E-state index contributed by atoms with van der Waals surface area (Å²) < 4.78 is 29.8. The van der Waals surface area contributed by atoms with Crippen molar-refractivity contribution in [3.63, 3.8) is 0 Å². The normalized spacial score (nSPS) is 12.7. The van der Waals surface area contributed by atoms with Crippen molar-refractivity contribution in [2.75, 3.05) is 33.4 Å². The van der Waals surface area contributed by atoms with Gasteiger partial charge in [-0.1, -0.05) is 17.3 Å². The number of rotatable bonds is 10. The summed E-state index contributed by atoms with van der Waals surface area (Å²) in [6.45, 7) is 8.13. The van der Waals surface area contributed by atoms with Gasteiger partial charge in [0.15, 0.2) is 23.4 Å². The van der Waals surface area contributed by atoms with Gasteiger partial charge in [0.25, 0.3) is 0 Å². The zero-order chi connectivity index (χ0) is 20.4. The van der Waals surface area contributed by atoms with E-state index >= 15 is 0 Å². The van der Waals surface area contributed by atoms with Crippen molar-refractivity contribution in [1.29, 1.82) is 0 Å². The molecule has 0 aliphatic rings. The van der Waals surface area contributed by atoms with E-state index < -0.39 is 0 Å². The zero-order valence-electron chi connectivity index (χ0n) is 16.8. The number of halogens is 1. The molecule has 0 aliphatic carbocycles. The average Bonchev–Trinajstić information content (AvgIpc) is 3.16. The van der Waals surface area contributed by atoms with Crippen LogP contribution >= 0.6 is 0 Å². The molecule has 0 spiro atoms. The number of nitrogens with zero attached hydrogens (tertiary/aromatic N) is 4. The molecule has 2 aromatic rings. The van der Waals surface area contributed by atoms with Crippen LogP contribution in [0.5, 0.6) is 5.75 Å². The molecule has 154 valence electrons. The summed E-state index contributed by atoms with van der Waals surface area (Å²) in [4.78, 5) is 10.7. The Kier molecular flexibility index (Phi) is 8.67. The second-order valence-corrected chi connectivity index (χ2v) is 6.01. The number of nitrogens with one attached hydrogen (secondary N) is 1. The molecule has 1 heterocycles. The predicted molar refractivity (Wildman–Crippen MR) is 104 cm³/mol. The summed E-state index contributed by atoms with van der Waals surface area (Å²) in [5.41, 5.74) is 0. The minimum Gasteiger partial charge on any atom is -0.489 e. The molecule has 0 saturated carbocycles. The number of benzene rings is 1. The summed E-state index contributed by atoms with van der Waals surface area (Å²) in [5.74, 6) is 1.44. The van der Waals surface area contributed by atoms with Crippen molar-refractivity contribution in [3.05, 3.63) is 41.8 Å². The number of aliphatic imine (C=N–C) groups is 1. The smallest absolute Gasteiger partial charge is 0.248 e. The van der Waals surface area contributed by atoms with Gasteiger partial charge in [-0.2, -0.15) is 4.98 Å². The highest BCUT2D eigenvalue weighted by Gasteiger charge is 2.14. The lowest BCUT2D eigenvalue weighted by Gasteiger charge is -2.22. The van der Waals surface area contributed by atoms with Gasteiger partial charge < -0.3 is 24.2 Å². The Labute approximate surface area is 164 Å². The fourth-order valence-corrected chi connectivity index (χ4v) is 2.39. The lowest BCUT2D eigenvalue weighted by molar-refractivity contribution is 0.0683. The number of aromatic nitrogens is 2. The zero-order valence-corrected chi connectivity index (χ0v) is 16.8. The van der Waals surface area contributed by atoms with Gasteiger partial charge in [-0.05, 0) is 32.9 Å². The molecular weight excluding hydrogens is 365 g/mol. The average molecular weight is 393 g/mol. The van der Waals surface area contributed by atoms with Gasteiger partial charge in [-0.3, -0.25) is 0 Å². The molecule has 1 aromatic carbocycles. The van der Waals surface area contributed by atoms with E-state index in [1.807, 2.05) is 32.7 Å². The van der Waals surface area contributed by atoms with Crippen molar-refractivity contribution < 1.29 is 18.4 Å². The topological polar surface area (TPSA) is 85.0 Å². The molecule has 0 saturated heterocycles. The molecule has 1 aromatic heterocycles. The Bertz CT molecular complexity index is 753. The standard InChI is InChI=1S/C19H28FN5O3/c1-5-21-19(22-13-17-23-18(24-28-17)14(3)26-6-2)25(4)11-12-27-16-10-8-7-9-15(16)20/h7-10,14H,5-6,11-13H2,1-4H3,(H,21,22). The molecule has 0 fully saturated rings. The Morgan fingerprint density at radius 1 is 1.36 bits per heavy atom. The van der Waals surface area contributed by atoms with Gasteiger partial charge >= 0.3 is 0 Å². The second-order valence-electron chi connectivity index (χ2n) is 6.01. The molecular formula is C19H28FN5O3. The van der Waals surface area contributed by atoms with Crippen LogP contribution in [-0.2, 0) is 11.3 Å². The van der Waals surface area contributed by atoms with Crippen molar-refractivity contribution >= 4 is 5.96 Å². The first-order valence-electron chi connectivity index (χ1n) is 9.36. The van der Waals surface area contributed by atoms with E-state index in [0.29, 0.717) is 44.0 Å². The molecule has 28 heavy (non-hydrogen) atoms. The van der Waals surface area contributed by atoms with E-state index in [2.05, 4.69) is 20.4 Å². The second kappa shape index (κ2) is 11.2. The van der Waals surface area contributed by atoms with Gasteiger partial charge in [-0.15, -0.1) is 0 Å². The van der Waals surface area contributed by atoms with Crippen LogP contribution in [0, 0.1) is 5.82 Å². The molecule has 9 heteroatoms. The van der Waals surface area contributed by atoms with Crippen LogP contribution in [0.2, 0.25) is 0 Å². The third-order valence-corrected chi connectivity index (χ3v) is 3.85. The molecule has 2 rings (SSSR count). The van der Waals surface area contributed by atoms with Crippen LogP contribution in [0.1, 0.15) is 38.6 Å². The molecule has 0 aliphatic heterocycles. The summed E-state index contributed by atoms with van der Waals surface area (Å²) >= 11 is 0. The summed E-state index contributed by atoms with van der Waals surface area (Å²) in [6.07, 6.45) is -0.224. The van der Waals surface area contributed by atoms with E-state index in [4.69, 9.17) is 14.0 Å². The monoisotopic (exact) mass is 393 g/mol. The highest BCUT2D eigenvalue weighted by atomic mass is 19.1. The van der Waals surface area contributed by atoms with Crippen LogP contribution in [0.25, 0.3) is 0 Å². The molecule has 0 bridgehead atoms. The van der Waals surface area contributed by atoms with E-state index in [1.54, 1.807) is 18.2 Å². The third-order valence-electron chi connectivity index (χ3n) is 3.85. The van der Waals surface area contributed by atoms with Gasteiger partial charge in [0, 0.05) is 20.2 Å². The van der Waals surface area contributed by atoms with Crippen molar-refractivity contribution in [1.82, 2.24) is 20.4 Å². The van der Waals surface area contributed by atoms with Crippen molar-refractivity contribution in [2.24, 2.45) is 4.99 Å². The number of guanidine groups is 1. The van der Waals surface area contributed by atoms with Gasteiger partial charge in [-0.25, -0.2) is 9.38 Å². The maximum atomic E-state index is 13.6. The van der Waals surface area contributed by atoms with Gasteiger partial charge in [0.05, 0.1) is 6.54 Å². The first-order chi connectivity index (χ1) is 13.5. The number of hydrogen-bond acceptors (Lipinski definition) is 6. The Morgan fingerprint density at radius 3 is 2.86 bits per heavy atom. The molecule has 0 radical (unpaired) electrons. The Balaban J connectivity index is 1.90. The van der Waals surface area contributed by atoms with Crippen LogP contribution in [0.4, 0.5) is 4.39 Å². The molecule has 1 atom stereocenters. The Hall–Kier alpha value is -2.68. The predicted octanol–water partition coefficient (Wildman–Crippen LogP) is 2.78. The summed E-state index contributed by atoms with van der Waals surface area (Å²) in [6, 6.07) is 6.34. The fourth-order valence-electron chi connectivity index (χ4n) is 2.39. The molecule has 8 nitrogen and oxygen atoms in total. The van der Waals surface area contributed by atoms with Crippen LogP contribution in [0.15, 0.2) is 33.8 Å². The van der Waals surface area contributed by atoms with Gasteiger partial charge in [0.2, 0.25) is 5.89 Å². The largest absolute Gasteiger partial charge is 0.489 e. The third kappa shape index (κ3) is 6.49. The van der Waals surface area contributed by atoms with E-state index in [-0.39, 0.29) is 24.2 Å². The first kappa shape index (κ1) is 21.6. The maximum absolute atomic E-state index is 13.6. The quantitative estimate of drug-likeness (QED) is 0.491. The van der Waals surface area contributed by atoms with Crippen LogP contribution in [0.3, 0.4) is 0 Å². The van der Waals surface area contributed by atoms with Crippen LogP contribution < -0.4 is 10.1 Å². The lowest BCUT2D eigenvalue weighted by Crippen LogP contribution is -2.40. The van der Waals surface area contributed by atoms with Crippen molar-refractivity contribution in [3.8, 4) is 5.75 Å². The molecule has 1 N–H and O–H groups in total. The lowest BCUT2D eigenvalue weighted by atomic mass is 10.3. The van der Waals surface area contributed by atoms with Gasteiger partial charge in [0.1, 0.15) is 19.3 Å². The Morgan fingerprint density at radius 2 is 2.14 bits per heavy atom. The van der Waals surface area contributed by atoms with E-state index in [9.17, 15) is 4.39 Å². The maximum Gasteiger partial charge on any atom is 0.248 e.